The summed E-state index contributed by atoms with van der Waals surface area (Å²) >= 11 is 0. The Labute approximate surface area is 123 Å². The van der Waals surface area contributed by atoms with Crippen LogP contribution in [0.25, 0.3) is 0 Å². The zero-order chi connectivity index (χ0) is 12.4. The van der Waals surface area contributed by atoms with Crippen LogP contribution in [0, 0.1) is 17.5 Å². The first-order valence-electron chi connectivity index (χ1n) is 5.69. The maximum atomic E-state index is 13.6. The van der Waals surface area contributed by atoms with E-state index in [-0.39, 0.29) is 36.4 Å². The van der Waals surface area contributed by atoms with Crippen molar-refractivity contribution in [3.05, 3.63) is 35.1 Å². The van der Waals surface area contributed by atoms with Crippen molar-refractivity contribution >= 4 is 24.8 Å². The van der Waals surface area contributed by atoms with Crippen LogP contribution in [-0.4, -0.2) is 31.1 Å². The molecule has 1 atom stereocenters. The van der Waals surface area contributed by atoms with Gasteiger partial charge in [0.05, 0.1) is 0 Å². The van der Waals surface area contributed by atoms with Crippen LogP contribution in [0.1, 0.15) is 18.5 Å². The second kappa shape index (κ2) is 7.94. The number of nitrogens with zero attached hydrogens (tertiary/aromatic N) is 1. The zero-order valence-electron chi connectivity index (χ0n) is 10.5. The summed E-state index contributed by atoms with van der Waals surface area (Å²) in [5, 5.41) is 3.17. The lowest BCUT2D eigenvalue weighted by Gasteiger charge is -2.33. The summed E-state index contributed by atoms with van der Waals surface area (Å²) in [6.07, 6.45) is 0. The normalized spacial score (nSPS) is 17.3. The highest BCUT2D eigenvalue weighted by molar-refractivity contribution is 5.85. The lowest BCUT2D eigenvalue weighted by molar-refractivity contribution is 0.178. The molecule has 1 heterocycles. The molecule has 0 bridgehead atoms. The molecule has 0 radical (unpaired) electrons. The van der Waals surface area contributed by atoms with Crippen molar-refractivity contribution in [3.8, 4) is 0 Å². The summed E-state index contributed by atoms with van der Waals surface area (Å²) in [6.45, 7) is 4.81. The van der Waals surface area contributed by atoms with Crippen molar-refractivity contribution in [3.63, 3.8) is 0 Å². The zero-order valence-corrected chi connectivity index (χ0v) is 12.1. The summed E-state index contributed by atoms with van der Waals surface area (Å²) in [4.78, 5) is 1.98. The fourth-order valence-corrected chi connectivity index (χ4v) is 2.20. The molecular weight excluding hydrogens is 300 g/mol. The van der Waals surface area contributed by atoms with Crippen molar-refractivity contribution in [1.82, 2.24) is 10.2 Å². The summed E-state index contributed by atoms with van der Waals surface area (Å²) in [5.74, 6) is -2.50. The van der Waals surface area contributed by atoms with E-state index in [0.29, 0.717) is 0 Å². The number of nitrogens with one attached hydrogen (secondary N) is 1. The molecule has 1 saturated heterocycles. The first kappa shape index (κ1) is 18.5. The van der Waals surface area contributed by atoms with Gasteiger partial charge in [0.25, 0.3) is 0 Å². The molecular formula is C12H17Cl2F3N2. The van der Waals surface area contributed by atoms with Crippen LogP contribution < -0.4 is 5.32 Å². The molecule has 2 rings (SSSR count). The molecule has 0 aromatic heterocycles. The maximum absolute atomic E-state index is 13.6. The van der Waals surface area contributed by atoms with Crippen LogP contribution >= 0.6 is 24.8 Å². The molecule has 7 heteroatoms. The Hall–Kier alpha value is -0.490. The molecule has 0 aliphatic carbocycles. The minimum Gasteiger partial charge on any atom is -0.314 e. The van der Waals surface area contributed by atoms with Crippen molar-refractivity contribution in [2.45, 2.75) is 13.0 Å². The van der Waals surface area contributed by atoms with Gasteiger partial charge in [-0.25, -0.2) is 13.2 Å². The highest BCUT2D eigenvalue weighted by Crippen LogP contribution is 2.26. The van der Waals surface area contributed by atoms with Crippen LogP contribution in [0.3, 0.4) is 0 Å². The van der Waals surface area contributed by atoms with E-state index in [2.05, 4.69) is 5.32 Å². The predicted octanol–water partition coefficient (Wildman–Crippen LogP) is 2.91. The Morgan fingerprint density at radius 1 is 1.05 bits per heavy atom. The van der Waals surface area contributed by atoms with E-state index in [0.717, 1.165) is 38.3 Å². The van der Waals surface area contributed by atoms with Gasteiger partial charge in [-0.3, -0.25) is 4.90 Å². The van der Waals surface area contributed by atoms with Crippen LogP contribution in [-0.2, 0) is 0 Å². The van der Waals surface area contributed by atoms with Gasteiger partial charge in [-0.1, -0.05) is 0 Å². The third-order valence-electron chi connectivity index (χ3n) is 3.16. The van der Waals surface area contributed by atoms with Crippen LogP contribution in [0.5, 0.6) is 0 Å². The highest BCUT2D eigenvalue weighted by atomic mass is 35.5. The highest BCUT2D eigenvalue weighted by Gasteiger charge is 2.24. The van der Waals surface area contributed by atoms with Crippen LogP contribution in [0.15, 0.2) is 12.1 Å². The topological polar surface area (TPSA) is 15.3 Å². The van der Waals surface area contributed by atoms with Crippen molar-refractivity contribution in [2.24, 2.45) is 0 Å². The van der Waals surface area contributed by atoms with Gasteiger partial charge in [-0.2, -0.15) is 0 Å². The summed E-state index contributed by atoms with van der Waals surface area (Å²) in [5.41, 5.74) is -0.0479. The largest absolute Gasteiger partial charge is 0.314 e. The number of rotatable bonds is 2. The fraction of sp³-hybridized carbons (Fsp3) is 0.500. The molecule has 0 amide bonds. The van der Waals surface area contributed by atoms with Gasteiger partial charge in [-0.15, -0.1) is 24.8 Å². The SMILES string of the molecule is C[C@H](c1c(F)cc(F)cc1F)N1CCNCC1.Cl.Cl. The van der Waals surface area contributed by atoms with Gasteiger partial charge in [-0.05, 0) is 6.92 Å². The Balaban J connectivity index is 0.00000162. The quantitative estimate of drug-likeness (QED) is 0.902. The van der Waals surface area contributed by atoms with Crippen molar-refractivity contribution in [2.75, 3.05) is 26.2 Å². The lowest BCUT2D eigenvalue weighted by Crippen LogP contribution is -2.44. The Morgan fingerprint density at radius 2 is 1.53 bits per heavy atom. The van der Waals surface area contributed by atoms with Gasteiger partial charge in [0, 0.05) is 49.9 Å². The van der Waals surface area contributed by atoms with E-state index in [1.54, 1.807) is 6.92 Å². The second-order valence-electron chi connectivity index (χ2n) is 4.25. The molecule has 1 aliphatic heterocycles. The minimum atomic E-state index is -0.878. The average molecular weight is 317 g/mol. The fourth-order valence-electron chi connectivity index (χ4n) is 2.20. The van der Waals surface area contributed by atoms with E-state index in [9.17, 15) is 13.2 Å². The van der Waals surface area contributed by atoms with Crippen LogP contribution in [0.4, 0.5) is 13.2 Å². The molecule has 110 valence electrons. The molecule has 2 nitrogen and oxygen atoms in total. The number of hydrogen-bond acceptors (Lipinski definition) is 2. The monoisotopic (exact) mass is 316 g/mol. The first-order valence-corrected chi connectivity index (χ1v) is 5.69. The number of hydrogen-bond donors (Lipinski definition) is 1. The predicted molar refractivity (Wildman–Crippen MR) is 73.7 cm³/mol. The second-order valence-corrected chi connectivity index (χ2v) is 4.25. The van der Waals surface area contributed by atoms with Gasteiger partial charge in [0.2, 0.25) is 0 Å². The van der Waals surface area contributed by atoms with E-state index in [1.165, 1.54) is 0 Å². The molecule has 0 spiro atoms. The summed E-state index contributed by atoms with van der Waals surface area (Å²) in [6, 6.07) is 1.09. The summed E-state index contributed by atoms with van der Waals surface area (Å²) < 4.78 is 40.0. The third-order valence-corrected chi connectivity index (χ3v) is 3.16. The number of piperazine rings is 1. The van der Waals surface area contributed by atoms with E-state index >= 15 is 0 Å². The first-order chi connectivity index (χ1) is 8.09. The number of halogens is 5. The van der Waals surface area contributed by atoms with Crippen molar-refractivity contribution in [1.29, 1.82) is 0 Å². The van der Waals surface area contributed by atoms with E-state index in [4.69, 9.17) is 0 Å². The maximum Gasteiger partial charge on any atom is 0.133 e. The van der Waals surface area contributed by atoms with Gasteiger partial charge in [0.1, 0.15) is 17.5 Å². The van der Waals surface area contributed by atoms with Crippen molar-refractivity contribution < 1.29 is 13.2 Å². The van der Waals surface area contributed by atoms with Crippen LogP contribution in [0.2, 0.25) is 0 Å². The Morgan fingerprint density at radius 3 is 2.00 bits per heavy atom. The molecule has 1 aromatic carbocycles. The Kier molecular flexibility index (Phi) is 7.74. The lowest BCUT2D eigenvalue weighted by atomic mass is 10.0. The third kappa shape index (κ3) is 4.24. The molecule has 0 saturated carbocycles. The smallest absolute Gasteiger partial charge is 0.133 e. The van der Waals surface area contributed by atoms with Gasteiger partial charge >= 0.3 is 0 Å². The molecule has 1 aromatic rings. The standard InChI is InChI=1S/C12H15F3N2.2ClH/c1-8(17-4-2-16-3-5-17)12-10(14)6-9(13)7-11(12)15;;/h6-8,16H,2-5H2,1H3;2*1H/t8-;;/m1../s1. The number of benzene rings is 1. The minimum absolute atomic E-state index is 0. The summed E-state index contributed by atoms with van der Waals surface area (Å²) in [7, 11) is 0. The van der Waals surface area contributed by atoms with Gasteiger partial charge < -0.3 is 5.32 Å². The van der Waals surface area contributed by atoms with E-state index < -0.39 is 17.5 Å². The molecule has 0 unspecified atom stereocenters. The Bertz CT molecular complexity index is 389. The molecule has 1 N–H and O–H groups in total. The average Bonchev–Trinajstić information content (AvgIpc) is 2.28. The van der Waals surface area contributed by atoms with Gasteiger partial charge in [0.15, 0.2) is 0 Å². The molecule has 1 aliphatic rings. The van der Waals surface area contributed by atoms with E-state index in [1.807, 2.05) is 4.90 Å². The molecule has 1 fully saturated rings. The molecule has 19 heavy (non-hydrogen) atoms.